The summed E-state index contributed by atoms with van der Waals surface area (Å²) in [4.78, 5) is 16.5. The number of nitrogens with zero attached hydrogens (tertiary/aromatic N) is 2. The van der Waals surface area contributed by atoms with E-state index in [4.69, 9.17) is 9.26 Å². The fraction of sp³-hybridized carbons (Fsp3) is 0.250. The molecule has 0 saturated heterocycles. The summed E-state index contributed by atoms with van der Waals surface area (Å²) in [6.07, 6.45) is -0.696. The topological polar surface area (TPSA) is 77.2 Å². The minimum atomic E-state index is -0.696. The van der Waals surface area contributed by atoms with Gasteiger partial charge in [0, 0.05) is 5.56 Å². The fourth-order valence-electron chi connectivity index (χ4n) is 2.34. The predicted octanol–water partition coefficient (Wildman–Crippen LogP) is 4.07. The van der Waals surface area contributed by atoms with Gasteiger partial charge in [0.15, 0.2) is 6.10 Å². The van der Waals surface area contributed by atoms with Crippen molar-refractivity contribution in [3.8, 4) is 17.2 Å². The van der Waals surface area contributed by atoms with E-state index < -0.39 is 6.10 Å². The zero-order valence-electron chi connectivity index (χ0n) is 15.2. The Morgan fingerprint density at radius 1 is 1.08 bits per heavy atom. The lowest BCUT2D eigenvalue weighted by Gasteiger charge is -2.14. The molecular formula is C20H21N3O3. The van der Waals surface area contributed by atoms with Crippen LogP contribution in [0.15, 0.2) is 47.0 Å². The molecule has 6 heteroatoms. The predicted molar refractivity (Wildman–Crippen MR) is 99.1 cm³/mol. The van der Waals surface area contributed by atoms with Crippen molar-refractivity contribution in [2.24, 2.45) is 0 Å². The molecule has 1 amide bonds. The highest BCUT2D eigenvalue weighted by atomic mass is 16.5. The second-order valence-electron chi connectivity index (χ2n) is 6.28. The van der Waals surface area contributed by atoms with Crippen LogP contribution in [0.2, 0.25) is 0 Å². The standard InChI is InChI=1S/C20H21N3O3/c1-12-5-8-16(9-6-12)19-22-20(23-26-19)21-18(24)15(4)25-17-10-7-13(2)14(3)11-17/h5-11,15H,1-4H3,(H,21,23,24)/t15-/m1/s1. The van der Waals surface area contributed by atoms with Crippen molar-refractivity contribution in [1.82, 2.24) is 10.1 Å². The number of amides is 1. The molecule has 2 aromatic carbocycles. The summed E-state index contributed by atoms with van der Waals surface area (Å²) in [6.45, 7) is 7.70. The number of rotatable bonds is 5. The molecule has 3 aromatic rings. The summed E-state index contributed by atoms with van der Waals surface area (Å²) >= 11 is 0. The number of benzene rings is 2. The molecule has 1 atom stereocenters. The molecular weight excluding hydrogens is 330 g/mol. The lowest BCUT2D eigenvalue weighted by molar-refractivity contribution is -0.122. The lowest BCUT2D eigenvalue weighted by Crippen LogP contribution is -2.30. The van der Waals surface area contributed by atoms with Crippen LogP contribution < -0.4 is 10.1 Å². The van der Waals surface area contributed by atoms with Crippen LogP contribution in [0.4, 0.5) is 5.95 Å². The van der Waals surface area contributed by atoms with Crippen molar-refractivity contribution < 1.29 is 14.1 Å². The Bertz CT molecular complexity index is 916. The minimum Gasteiger partial charge on any atom is -0.481 e. The zero-order valence-corrected chi connectivity index (χ0v) is 15.2. The second kappa shape index (κ2) is 7.39. The van der Waals surface area contributed by atoms with Gasteiger partial charge in [-0.2, -0.15) is 4.98 Å². The van der Waals surface area contributed by atoms with Crippen molar-refractivity contribution >= 4 is 11.9 Å². The first kappa shape index (κ1) is 17.7. The van der Waals surface area contributed by atoms with Gasteiger partial charge in [0.05, 0.1) is 0 Å². The molecule has 0 aliphatic rings. The lowest BCUT2D eigenvalue weighted by atomic mass is 10.1. The second-order valence-corrected chi connectivity index (χ2v) is 6.28. The number of hydrogen-bond donors (Lipinski definition) is 1. The van der Waals surface area contributed by atoms with Gasteiger partial charge in [0.1, 0.15) is 5.75 Å². The van der Waals surface area contributed by atoms with Crippen molar-refractivity contribution in [1.29, 1.82) is 0 Å². The van der Waals surface area contributed by atoms with Gasteiger partial charge in [-0.25, -0.2) is 0 Å². The number of aryl methyl sites for hydroxylation is 3. The van der Waals surface area contributed by atoms with Crippen molar-refractivity contribution in [2.45, 2.75) is 33.8 Å². The number of carbonyl (C=O) groups is 1. The van der Waals surface area contributed by atoms with Crippen LogP contribution in [-0.2, 0) is 4.79 Å². The minimum absolute atomic E-state index is 0.112. The summed E-state index contributed by atoms with van der Waals surface area (Å²) in [6, 6.07) is 13.4. The monoisotopic (exact) mass is 351 g/mol. The molecule has 0 unspecified atom stereocenters. The van der Waals surface area contributed by atoms with E-state index >= 15 is 0 Å². The molecule has 1 heterocycles. The summed E-state index contributed by atoms with van der Waals surface area (Å²) in [5.41, 5.74) is 4.21. The van der Waals surface area contributed by atoms with Gasteiger partial charge in [0.25, 0.3) is 17.7 Å². The van der Waals surface area contributed by atoms with E-state index in [9.17, 15) is 4.79 Å². The van der Waals surface area contributed by atoms with Crippen molar-refractivity contribution in [2.75, 3.05) is 5.32 Å². The maximum absolute atomic E-state index is 12.3. The Balaban J connectivity index is 1.64. The van der Waals surface area contributed by atoms with Crippen molar-refractivity contribution in [3.63, 3.8) is 0 Å². The molecule has 134 valence electrons. The molecule has 1 N–H and O–H groups in total. The maximum atomic E-state index is 12.3. The third-order valence-corrected chi connectivity index (χ3v) is 4.12. The average Bonchev–Trinajstić information content (AvgIpc) is 3.07. The third-order valence-electron chi connectivity index (χ3n) is 4.12. The first-order valence-corrected chi connectivity index (χ1v) is 8.38. The van der Waals surface area contributed by atoms with Gasteiger partial charge in [-0.15, -0.1) is 0 Å². The van der Waals surface area contributed by atoms with Gasteiger partial charge >= 0.3 is 0 Å². The number of hydrogen-bond acceptors (Lipinski definition) is 5. The maximum Gasteiger partial charge on any atom is 0.270 e. The van der Waals surface area contributed by atoms with E-state index in [-0.39, 0.29) is 11.9 Å². The molecule has 0 bridgehead atoms. The first-order valence-electron chi connectivity index (χ1n) is 8.38. The average molecular weight is 351 g/mol. The molecule has 0 spiro atoms. The third kappa shape index (κ3) is 4.08. The van der Waals surface area contributed by atoms with Crippen LogP contribution >= 0.6 is 0 Å². The van der Waals surface area contributed by atoms with Crippen LogP contribution in [0, 0.1) is 20.8 Å². The molecule has 0 aliphatic carbocycles. The first-order chi connectivity index (χ1) is 12.4. The Labute approximate surface area is 152 Å². The van der Waals surface area contributed by atoms with Crippen LogP contribution in [0.1, 0.15) is 23.6 Å². The summed E-state index contributed by atoms with van der Waals surface area (Å²) < 4.78 is 10.9. The SMILES string of the molecule is Cc1ccc(-c2nc(NC(=O)[C@@H](C)Oc3ccc(C)c(C)c3)no2)cc1. The van der Waals surface area contributed by atoms with Gasteiger partial charge < -0.3 is 9.26 Å². The molecule has 3 rings (SSSR count). The Kier molecular flexibility index (Phi) is 5.02. The van der Waals surface area contributed by atoms with E-state index in [1.807, 2.05) is 63.2 Å². The van der Waals surface area contributed by atoms with Crippen LogP contribution in [0.3, 0.4) is 0 Å². The Hall–Kier alpha value is -3.15. The zero-order chi connectivity index (χ0) is 18.7. The van der Waals surface area contributed by atoms with E-state index in [0.717, 1.165) is 16.7 Å². The van der Waals surface area contributed by atoms with Gasteiger partial charge in [-0.05, 0) is 68.2 Å². The highest BCUT2D eigenvalue weighted by molar-refractivity contribution is 5.92. The summed E-state index contributed by atoms with van der Waals surface area (Å²) in [5, 5.41) is 6.41. The van der Waals surface area contributed by atoms with Gasteiger partial charge in [0.2, 0.25) is 0 Å². The van der Waals surface area contributed by atoms with Crippen LogP contribution in [0.25, 0.3) is 11.5 Å². The molecule has 0 fully saturated rings. The van der Waals surface area contributed by atoms with Gasteiger partial charge in [-0.1, -0.05) is 23.8 Å². The fourth-order valence-corrected chi connectivity index (χ4v) is 2.34. The Morgan fingerprint density at radius 3 is 2.50 bits per heavy atom. The molecule has 1 aromatic heterocycles. The van der Waals surface area contributed by atoms with Crippen LogP contribution in [-0.4, -0.2) is 22.2 Å². The number of ether oxygens (including phenoxy) is 1. The molecule has 6 nitrogen and oxygen atoms in total. The van der Waals surface area contributed by atoms with E-state index in [1.54, 1.807) is 6.92 Å². The quantitative estimate of drug-likeness (QED) is 0.750. The Morgan fingerprint density at radius 2 is 1.81 bits per heavy atom. The number of nitrogens with one attached hydrogen (secondary N) is 1. The van der Waals surface area contributed by atoms with E-state index in [0.29, 0.717) is 11.6 Å². The van der Waals surface area contributed by atoms with Gasteiger partial charge in [-0.3, -0.25) is 10.1 Å². The number of anilines is 1. The highest BCUT2D eigenvalue weighted by Crippen LogP contribution is 2.20. The molecule has 0 aliphatic heterocycles. The largest absolute Gasteiger partial charge is 0.481 e. The highest BCUT2D eigenvalue weighted by Gasteiger charge is 2.18. The van der Waals surface area contributed by atoms with Crippen LogP contribution in [0.5, 0.6) is 5.75 Å². The van der Waals surface area contributed by atoms with Crippen molar-refractivity contribution in [3.05, 3.63) is 59.2 Å². The van der Waals surface area contributed by atoms with E-state index in [2.05, 4.69) is 15.5 Å². The summed E-state index contributed by atoms with van der Waals surface area (Å²) in [5.74, 6) is 0.757. The smallest absolute Gasteiger partial charge is 0.270 e. The normalized spacial score (nSPS) is 11.8. The summed E-state index contributed by atoms with van der Waals surface area (Å²) in [7, 11) is 0. The molecule has 0 radical (unpaired) electrons. The van der Waals surface area contributed by atoms with E-state index in [1.165, 1.54) is 5.56 Å². The number of aromatic nitrogens is 2. The molecule has 26 heavy (non-hydrogen) atoms. The molecule has 0 saturated carbocycles. The number of carbonyl (C=O) groups excluding carboxylic acids is 1.